The SMILES string of the molecule is CNC(=O)C(C)(C)c1cccc(COc2ccc(-c3ccn[nH]3)nc2)c1. The Kier molecular flexibility index (Phi) is 5.02. The van der Waals surface area contributed by atoms with Crippen LogP contribution in [0.25, 0.3) is 11.4 Å². The van der Waals surface area contributed by atoms with E-state index >= 15 is 0 Å². The highest BCUT2D eigenvalue weighted by molar-refractivity contribution is 5.87. The van der Waals surface area contributed by atoms with E-state index in [9.17, 15) is 4.79 Å². The normalized spacial score (nSPS) is 11.2. The molecular formula is C20H22N4O2. The Balaban J connectivity index is 1.68. The summed E-state index contributed by atoms with van der Waals surface area (Å²) in [4.78, 5) is 16.5. The van der Waals surface area contributed by atoms with Gasteiger partial charge in [-0.3, -0.25) is 14.9 Å². The van der Waals surface area contributed by atoms with Crippen LogP contribution in [0.4, 0.5) is 0 Å². The third-order valence-corrected chi connectivity index (χ3v) is 4.36. The molecule has 0 fully saturated rings. The third kappa shape index (κ3) is 3.74. The van der Waals surface area contributed by atoms with Gasteiger partial charge in [0.2, 0.25) is 5.91 Å². The summed E-state index contributed by atoms with van der Waals surface area (Å²) in [6, 6.07) is 13.5. The molecule has 0 aliphatic heterocycles. The minimum Gasteiger partial charge on any atom is -0.487 e. The zero-order valence-corrected chi connectivity index (χ0v) is 15.1. The zero-order chi connectivity index (χ0) is 18.6. The fourth-order valence-electron chi connectivity index (χ4n) is 2.68. The van der Waals surface area contributed by atoms with Gasteiger partial charge in [-0.15, -0.1) is 0 Å². The molecule has 6 heteroatoms. The number of amides is 1. The van der Waals surface area contributed by atoms with Crippen LogP contribution in [0, 0.1) is 0 Å². The van der Waals surface area contributed by atoms with Crippen molar-refractivity contribution in [3.63, 3.8) is 0 Å². The van der Waals surface area contributed by atoms with Crippen LogP contribution in [0.1, 0.15) is 25.0 Å². The molecule has 0 aliphatic carbocycles. The van der Waals surface area contributed by atoms with Gasteiger partial charge in [-0.05, 0) is 43.2 Å². The lowest BCUT2D eigenvalue weighted by atomic mass is 9.83. The van der Waals surface area contributed by atoms with Crippen molar-refractivity contribution in [3.8, 4) is 17.1 Å². The smallest absolute Gasteiger partial charge is 0.229 e. The van der Waals surface area contributed by atoms with Gasteiger partial charge in [0.15, 0.2) is 0 Å². The highest BCUT2D eigenvalue weighted by Crippen LogP contribution is 2.25. The van der Waals surface area contributed by atoms with Gasteiger partial charge in [0.25, 0.3) is 0 Å². The van der Waals surface area contributed by atoms with Crippen molar-refractivity contribution in [1.29, 1.82) is 0 Å². The number of carbonyl (C=O) groups excluding carboxylic acids is 1. The number of aromatic nitrogens is 3. The van der Waals surface area contributed by atoms with Crippen molar-refractivity contribution < 1.29 is 9.53 Å². The Morgan fingerprint density at radius 2 is 2.08 bits per heavy atom. The predicted octanol–water partition coefficient (Wildman–Crippen LogP) is 3.07. The molecule has 1 amide bonds. The van der Waals surface area contributed by atoms with E-state index < -0.39 is 5.41 Å². The van der Waals surface area contributed by atoms with Crippen molar-refractivity contribution in [2.24, 2.45) is 0 Å². The summed E-state index contributed by atoms with van der Waals surface area (Å²) in [7, 11) is 1.65. The molecule has 3 rings (SSSR count). The Morgan fingerprint density at radius 3 is 2.73 bits per heavy atom. The molecule has 0 unspecified atom stereocenters. The average molecular weight is 350 g/mol. The molecule has 134 valence electrons. The molecule has 1 aromatic carbocycles. The highest BCUT2D eigenvalue weighted by atomic mass is 16.5. The molecule has 6 nitrogen and oxygen atoms in total. The number of benzene rings is 1. The Hall–Kier alpha value is -3.15. The van der Waals surface area contributed by atoms with Crippen molar-refractivity contribution >= 4 is 5.91 Å². The minimum absolute atomic E-state index is 0.0193. The standard InChI is InChI=1S/C20H22N4O2/c1-20(2,19(25)21-3)15-6-4-5-14(11-15)13-26-16-7-8-17(22-12-16)18-9-10-23-24-18/h4-12H,13H2,1-3H3,(H,21,25)(H,23,24). The van der Waals surface area contributed by atoms with Gasteiger partial charge < -0.3 is 10.1 Å². The van der Waals surface area contributed by atoms with Crippen LogP contribution in [-0.4, -0.2) is 28.1 Å². The fourth-order valence-corrected chi connectivity index (χ4v) is 2.68. The van der Waals surface area contributed by atoms with Gasteiger partial charge in [0, 0.05) is 13.2 Å². The van der Waals surface area contributed by atoms with Gasteiger partial charge in [0.1, 0.15) is 12.4 Å². The quantitative estimate of drug-likeness (QED) is 0.716. The van der Waals surface area contributed by atoms with Crippen LogP contribution in [-0.2, 0) is 16.8 Å². The number of likely N-dealkylation sites (N-methyl/N-ethyl adjacent to an activating group) is 1. The summed E-state index contributed by atoms with van der Waals surface area (Å²) in [5, 5.41) is 9.51. The molecule has 3 aromatic rings. The molecular weight excluding hydrogens is 328 g/mol. The van der Waals surface area contributed by atoms with Gasteiger partial charge >= 0.3 is 0 Å². The molecule has 0 radical (unpaired) electrons. The first-order chi connectivity index (χ1) is 12.5. The number of pyridine rings is 1. The van der Waals surface area contributed by atoms with Gasteiger partial charge in [-0.25, -0.2) is 0 Å². The lowest BCUT2D eigenvalue weighted by Crippen LogP contribution is -2.38. The average Bonchev–Trinajstić information content (AvgIpc) is 3.21. The summed E-state index contributed by atoms with van der Waals surface area (Å²) < 4.78 is 5.83. The Morgan fingerprint density at radius 1 is 1.23 bits per heavy atom. The topological polar surface area (TPSA) is 79.9 Å². The van der Waals surface area contributed by atoms with E-state index in [-0.39, 0.29) is 5.91 Å². The number of rotatable bonds is 6. The van der Waals surface area contributed by atoms with E-state index in [4.69, 9.17) is 4.74 Å². The van der Waals surface area contributed by atoms with Crippen LogP contribution in [0.15, 0.2) is 54.9 Å². The Labute approximate surface area is 152 Å². The fraction of sp³-hybridized carbons (Fsp3) is 0.250. The molecule has 2 N–H and O–H groups in total. The lowest BCUT2D eigenvalue weighted by Gasteiger charge is -2.23. The van der Waals surface area contributed by atoms with Gasteiger partial charge in [0.05, 0.1) is 23.0 Å². The van der Waals surface area contributed by atoms with Crippen LogP contribution in [0.5, 0.6) is 5.75 Å². The van der Waals surface area contributed by atoms with E-state index in [1.165, 1.54) is 0 Å². The molecule has 26 heavy (non-hydrogen) atoms. The summed E-state index contributed by atoms with van der Waals surface area (Å²) in [6.45, 7) is 4.22. The first-order valence-corrected chi connectivity index (χ1v) is 8.41. The Bertz CT molecular complexity index is 871. The lowest BCUT2D eigenvalue weighted by molar-refractivity contribution is -0.125. The number of nitrogens with one attached hydrogen (secondary N) is 2. The van der Waals surface area contributed by atoms with E-state index in [2.05, 4.69) is 20.5 Å². The largest absolute Gasteiger partial charge is 0.487 e. The highest BCUT2D eigenvalue weighted by Gasteiger charge is 2.28. The summed E-state index contributed by atoms with van der Waals surface area (Å²) >= 11 is 0. The summed E-state index contributed by atoms with van der Waals surface area (Å²) in [5.41, 5.74) is 3.02. The predicted molar refractivity (Wildman–Crippen MR) is 99.7 cm³/mol. The third-order valence-electron chi connectivity index (χ3n) is 4.36. The molecule has 0 atom stereocenters. The maximum absolute atomic E-state index is 12.1. The van der Waals surface area contributed by atoms with E-state index in [0.29, 0.717) is 12.4 Å². The minimum atomic E-state index is -0.599. The van der Waals surface area contributed by atoms with E-state index in [0.717, 1.165) is 22.5 Å². The number of aromatic amines is 1. The second kappa shape index (κ2) is 7.39. The number of hydrogen-bond acceptors (Lipinski definition) is 4. The summed E-state index contributed by atoms with van der Waals surface area (Å²) in [5.74, 6) is 0.665. The van der Waals surface area contributed by atoms with Crippen LogP contribution < -0.4 is 10.1 Å². The molecule has 0 bridgehead atoms. The zero-order valence-electron chi connectivity index (χ0n) is 15.1. The van der Waals surface area contributed by atoms with E-state index in [1.807, 2.05) is 56.3 Å². The van der Waals surface area contributed by atoms with Crippen molar-refractivity contribution in [2.75, 3.05) is 7.05 Å². The monoisotopic (exact) mass is 350 g/mol. The van der Waals surface area contributed by atoms with E-state index in [1.54, 1.807) is 19.4 Å². The first kappa shape index (κ1) is 17.7. The maximum Gasteiger partial charge on any atom is 0.229 e. The molecule has 0 spiro atoms. The van der Waals surface area contributed by atoms with Crippen LogP contribution in [0.2, 0.25) is 0 Å². The molecule has 2 aromatic heterocycles. The molecule has 0 saturated heterocycles. The van der Waals surface area contributed by atoms with Gasteiger partial charge in [-0.2, -0.15) is 5.10 Å². The maximum atomic E-state index is 12.1. The second-order valence-electron chi connectivity index (χ2n) is 6.54. The van der Waals surface area contributed by atoms with Gasteiger partial charge in [-0.1, -0.05) is 24.3 Å². The molecule has 0 aliphatic rings. The number of carbonyl (C=O) groups is 1. The van der Waals surface area contributed by atoms with Crippen molar-refractivity contribution in [1.82, 2.24) is 20.5 Å². The number of ether oxygens (including phenoxy) is 1. The number of H-pyrrole nitrogens is 1. The molecule has 0 saturated carbocycles. The van der Waals surface area contributed by atoms with Crippen molar-refractivity contribution in [3.05, 3.63) is 66.0 Å². The summed E-state index contributed by atoms with van der Waals surface area (Å²) in [6.07, 6.45) is 3.38. The second-order valence-corrected chi connectivity index (χ2v) is 6.54. The number of nitrogens with zero attached hydrogens (tertiary/aromatic N) is 2. The first-order valence-electron chi connectivity index (χ1n) is 8.41. The van der Waals surface area contributed by atoms with Crippen LogP contribution in [0.3, 0.4) is 0 Å². The number of hydrogen-bond donors (Lipinski definition) is 2. The van der Waals surface area contributed by atoms with Crippen molar-refractivity contribution in [2.45, 2.75) is 25.9 Å². The van der Waals surface area contributed by atoms with Crippen LogP contribution >= 0.6 is 0 Å². The molecule has 2 heterocycles.